The van der Waals surface area contributed by atoms with Crippen molar-refractivity contribution in [2.45, 2.75) is 65.1 Å². The Hall–Kier alpha value is -2.36. The van der Waals surface area contributed by atoms with Crippen molar-refractivity contribution in [3.05, 3.63) is 63.9 Å². The average molecular weight is 575 g/mol. The minimum Gasteiger partial charge on any atom is -0.352 e. The van der Waals surface area contributed by atoms with Crippen LogP contribution in [0, 0.1) is 5.82 Å². The van der Waals surface area contributed by atoms with Crippen LogP contribution in [0.4, 0.5) is 10.1 Å². The van der Waals surface area contributed by atoms with Gasteiger partial charge in [0, 0.05) is 41.2 Å². The molecule has 0 saturated carbocycles. The Morgan fingerprint density at radius 1 is 1.03 bits per heavy atom. The summed E-state index contributed by atoms with van der Waals surface area (Å²) in [6, 6.07) is 9.29. The topological polar surface area (TPSA) is 86.8 Å². The molecule has 2 rings (SSSR count). The van der Waals surface area contributed by atoms with E-state index in [-0.39, 0.29) is 43.8 Å². The van der Waals surface area contributed by atoms with Gasteiger partial charge < -0.3 is 10.2 Å². The standard InChI is InChI=1S/C26H34Cl2FN3O4S/c1-5-18(3)30-26(34)24(6-2)31(17-21-22(27)9-7-10-23(21)28)25(33)11-8-16-32(37(4,35)36)20-14-12-19(29)13-15-20/h7,9-10,12-15,18,24H,5-6,8,11,16-17H2,1-4H3,(H,30,34)/t18-,24+/m1/s1. The van der Waals surface area contributed by atoms with Gasteiger partial charge in [0.05, 0.1) is 11.9 Å². The Morgan fingerprint density at radius 3 is 2.14 bits per heavy atom. The summed E-state index contributed by atoms with van der Waals surface area (Å²) in [5.74, 6) is -1.10. The highest BCUT2D eigenvalue weighted by molar-refractivity contribution is 7.92. The zero-order valence-corrected chi connectivity index (χ0v) is 23.8. The van der Waals surface area contributed by atoms with Crippen molar-refractivity contribution in [2.75, 3.05) is 17.1 Å². The molecule has 1 N–H and O–H groups in total. The van der Waals surface area contributed by atoms with E-state index in [4.69, 9.17) is 23.2 Å². The van der Waals surface area contributed by atoms with E-state index in [2.05, 4.69) is 5.32 Å². The van der Waals surface area contributed by atoms with Crippen LogP contribution in [0.3, 0.4) is 0 Å². The maximum atomic E-state index is 13.5. The second-order valence-corrected chi connectivity index (χ2v) is 11.6. The first-order valence-electron chi connectivity index (χ1n) is 12.1. The number of carbonyl (C=O) groups excluding carboxylic acids is 2. The minimum atomic E-state index is -3.67. The lowest BCUT2D eigenvalue weighted by Gasteiger charge is -2.32. The van der Waals surface area contributed by atoms with Crippen molar-refractivity contribution in [1.29, 1.82) is 0 Å². The third-order valence-corrected chi connectivity index (χ3v) is 7.95. The highest BCUT2D eigenvalue weighted by Gasteiger charge is 2.30. The second kappa shape index (κ2) is 14.0. The zero-order valence-electron chi connectivity index (χ0n) is 21.5. The van der Waals surface area contributed by atoms with Gasteiger partial charge in [-0.25, -0.2) is 12.8 Å². The number of nitrogens with one attached hydrogen (secondary N) is 1. The summed E-state index contributed by atoms with van der Waals surface area (Å²) < 4.78 is 39.2. The highest BCUT2D eigenvalue weighted by Crippen LogP contribution is 2.27. The Morgan fingerprint density at radius 2 is 1.62 bits per heavy atom. The molecule has 0 aliphatic rings. The van der Waals surface area contributed by atoms with Crippen molar-refractivity contribution in [3.63, 3.8) is 0 Å². The largest absolute Gasteiger partial charge is 0.352 e. The Balaban J connectivity index is 2.27. The van der Waals surface area contributed by atoms with Gasteiger partial charge in [-0.2, -0.15) is 0 Å². The number of sulfonamides is 1. The van der Waals surface area contributed by atoms with Crippen molar-refractivity contribution in [2.24, 2.45) is 0 Å². The molecule has 11 heteroatoms. The smallest absolute Gasteiger partial charge is 0.243 e. The molecular formula is C26H34Cl2FN3O4S. The van der Waals surface area contributed by atoms with Gasteiger partial charge in [0.2, 0.25) is 21.8 Å². The van der Waals surface area contributed by atoms with Crippen LogP contribution in [0.2, 0.25) is 10.0 Å². The van der Waals surface area contributed by atoms with Gasteiger partial charge in [-0.05, 0) is 62.6 Å². The molecule has 0 aromatic heterocycles. The molecule has 2 aromatic carbocycles. The van der Waals surface area contributed by atoms with Crippen LogP contribution in [0.15, 0.2) is 42.5 Å². The first-order valence-corrected chi connectivity index (χ1v) is 14.7. The fraction of sp³-hybridized carbons (Fsp3) is 0.462. The molecule has 204 valence electrons. The minimum absolute atomic E-state index is 0.00670. The number of benzene rings is 2. The van der Waals surface area contributed by atoms with Crippen LogP contribution in [-0.4, -0.2) is 50.0 Å². The van der Waals surface area contributed by atoms with Gasteiger partial charge in [-0.1, -0.05) is 43.1 Å². The van der Waals surface area contributed by atoms with Crippen molar-refractivity contribution < 1.29 is 22.4 Å². The van der Waals surface area contributed by atoms with Crippen LogP contribution in [-0.2, 0) is 26.2 Å². The maximum absolute atomic E-state index is 13.5. The number of halogens is 3. The number of amides is 2. The lowest BCUT2D eigenvalue weighted by Crippen LogP contribution is -2.50. The molecule has 2 aromatic rings. The quantitative estimate of drug-likeness (QED) is 0.347. The lowest BCUT2D eigenvalue weighted by molar-refractivity contribution is -0.141. The Kier molecular flexibility index (Phi) is 11.7. The summed E-state index contributed by atoms with van der Waals surface area (Å²) in [5.41, 5.74) is 0.827. The van der Waals surface area contributed by atoms with Gasteiger partial charge in [0.1, 0.15) is 11.9 Å². The van der Waals surface area contributed by atoms with Crippen LogP contribution in [0.25, 0.3) is 0 Å². The van der Waals surface area contributed by atoms with Gasteiger partial charge in [-0.15, -0.1) is 0 Å². The van der Waals surface area contributed by atoms with E-state index in [1.807, 2.05) is 20.8 Å². The number of hydrogen-bond acceptors (Lipinski definition) is 4. The van der Waals surface area contributed by atoms with Crippen molar-refractivity contribution >= 4 is 50.7 Å². The number of hydrogen-bond donors (Lipinski definition) is 1. The lowest BCUT2D eigenvalue weighted by atomic mass is 10.1. The zero-order chi connectivity index (χ0) is 27.8. The molecule has 0 saturated heterocycles. The van der Waals surface area contributed by atoms with Gasteiger partial charge in [-0.3, -0.25) is 13.9 Å². The van der Waals surface area contributed by atoms with Gasteiger partial charge in [0.15, 0.2) is 0 Å². The molecule has 0 radical (unpaired) electrons. The summed E-state index contributed by atoms with van der Waals surface area (Å²) in [4.78, 5) is 28.0. The van der Waals surface area contributed by atoms with E-state index in [0.717, 1.165) is 17.0 Å². The fourth-order valence-electron chi connectivity index (χ4n) is 3.83. The van der Waals surface area contributed by atoms with E-state index in [1.165, 1.54) is 29.2 Å². The Labute approximate surface area is 229 Å². The predicted molar refractivity (Wildman–Crippen MR) is 147 cm³/mol. The van der Waals surface area contributed by atoms with Crippen molar-refractivity contribution in [3.8, 4) is 0 Å². The highest BCUT2D eigenvalue weighted by atomic mass is 35.5. The molecule has 0 spiro atoms. The molecule has 0 heterocycles. The second-order valence-electron chi connectivity index (χ2n) is 8.88. The molecule has 0 unspecified atom stereocenters. The molecule has 0 fully saturated rings. The number of nitrogens with zero attached hydrogens (tertiary/aromatic N) is 2. The summed E-state index contributed by atoms with van der Waals surface area (Å²) in [5, 5.41) is 3.69. The third-order valence-electron chi connectivity index (χ3n) is 6.04. The number of anilines is 1. The predicted octanol–water partition coefficient (Wildman–Crippen LogP) is 5.40. The van der Waals surface area contributed by atoms with E-state index >= 15 is 0 Å². The SMILES string of the molecule is CC[C@@H](C)NC(=O)[C@H](CC)N(Cc1c(Cl)cccc1Cl)C(=O)CCCN(c1ccc(F)cc1)S(C)(=O)=O. The molecule has 0 aliphatic carbocycles. The third kappa shape index (κ3) is 8.86. The Bertz CT molecular complexity index is 1160. The normalized spacial score (nSPS) is 13.1. The first kappa shape index (κ1) is 30.9. The van der Waals surface area contributed by atoms with Crippen LogP contribution in [0.1, 0.15) is 52.0 Å². The fourth-order valence-corrected chi connectivity index (χ4v) is 5.31. The van der Waals surface area contributed by atoms with Crippen molar-refractivity contribution in [1.82, 2.24) is 10.2 Å². The van der Waals surface area contributed by atoms with E-state index in [9.17, 15) is 22.4 Å². The monoisotopic (exact) mass is 573 g/mol. The number of rotatable bonds is 13. The van der Waals surface area contributed by atoms with E-state index < -0.39 is 21.9 Å². The number of carbonyl (C=O) groups is 2. The van der Waals surface area contributed by atoms with Gasteiger partial charge >= 0.3 is 0 Å². The molecule has 7 nitrogen and oxygen atoms in total. The van der Waals surface area contributed by atoms with E-state index in [1.54, 1.807) is 18.2 Å². The molecular weight excluding hydrogens is 540 g/mol. The first-order chi connectivity index (χ1) is 17.4. The molecule has 37 heavy (non-hydrogen) atoms. The maximum Gasteiger partial charge on any atom is 0.243 e. The van der Waals surface area contributed by atoms with E-state index in [0.29, 0.717) is 27.7 Å². The molecule has 0 aliphatic heterocycles. The summed E-state index contributed by atoms with van der Waals surface area (Å²) in [6.45, 7) is 5.68. The molecule has 2 atom stereocenters. The summed E-state index contributed by atoms with van der Waals surface area (Å²) >= 11 is 12.7. The van der Waals surface area contributed by atoms with Gasteiger partial charge in [0.25, 0.3) is 0 Å². The molecule has 2 amide bonds. The van der Waals surface area contributed by atoms with Crippen LogP contribution >= 0.6 is 23.2 Å². The van der Waals surface area contributed by atoms with Crippen LogP contribution < -0.4 is 9.62 Å². The van der Waals surface area contributed by atoms with Crippen LogP contribution in [0.5, 0.6) is 0 Å². The average Bonchev–Trinajstić information content (AvgIpc) is 2.83. The molecule has 0 bridgehead atoms. The summed E-state index contributed by atoms with van der Waals surface area (Å²) in [7, 11) is -3.67. The summed E-state index contributed by atoms with van der Waals surface area (Å²) in [6.07, 6.45) is 2.30.